The van der Waals surface area contributed by atoms with Crippen molar-refractivity contribution in [2.24, 2.45) is 5.92 Å². The molecule has 1 amide bonds. The van der Waals surface area contributed by atoms with Crippen LogP contribution in [0.5, 0.6) is 0 Å². The number of anilines is 1. The van der Waals surface area contributed by atoms with Crippen LogP contribution in [0.2, 0.25) is 0 Å². The molecular formula is C22H22N6O2. The molecule has 0 fully saturated rings. The number of benzene rings is 1. The lowest BCUT2D eigenvalue weighted by Gasteiger charge is -2.09. The molecule has 0 saturated heterocycles. The average Bonchev–Trinajstić information content (AvgIpc) is 3.25. The highest BCUT2D eigenvalue weighted by Gasteiger charge is 2.13. The van der Waals surface area contributed by atoms with E-state index in [1.165, 1.54) is 0 Å². The molecule has 4 rings (SSSR count). The molecule has 0 aliphatic rings. The van der Waals surface area contributed by atoms with Crippen molar-refractivity contribution in [3.63, 3.8) is 0 Å². The number of nitrogens with one attached hydrogen (secondary N) is 2. The summed E-state index contributed by atoms with van der Waals surface area (Å²) < 4.78 is 1.61. The second-order valence-electron chi connectivity index (χ2n) is 7.49. The number of carbonyl (C=O) groups excluding carboxylic acids is 1. The average molecular weight is 402 g/mol. The van der Waals surface area contributed by atoms with Gasteiger partial charge in [-0.1, -0.05) is 19.9 Å². The summed E-state index contributed by atoms with van der Waals surface area (Å²) in [6.45, 7) is 4.84. The lowest BCUT2D eigenvalue weighted by atomic mass is 10.1. The van der Waals surface area contributed by atoms with E-state index < -0.39 is 0 Å². The second kappa shape index (κ2) is 8.28. The first-order valence-corrected chi connectivity index (χ1v) is 9.78. The predicted molar refractivity (Wildman–Crippen MR) is 115 cm³/mol. The molecular weight excluding hydrogens is 380 g/mol. The Hall–Kier alpha value is -3.81. The number of carbonyl (C=O) groups is 1. The quantitative estimate of drug-likeness (QED) is 0.514. The molecule has 2 N–H and O–H groups in total. The van der Waals surface area contributed by atoms with Crippen molar-refractivity contribution in [2.45, 2.75) is 26.8 Å². The fourth-order valence-electron chi connectivity index (χ4n) is 3.08. The number of rotatable bonds is 6. The molecule has 0 unspecified atom stereocenters. The number of pyridine rings is 1. The molecule has 1 aromatic carbocycles. The summed E-state index contributed by atoms with van der Waals surface area (Å²) in [6.07, 6.45) is 4.14. The number of nitrogens with zero attached hydrogens (tertiary/aromatic N) is 4. The predicted octanol–water partition coefficient (Wildman–Crippen LogP) is 3.48. The maximum absolute atomic E-state index is 12.8. The van der Waals surface area contributed by atoms with Gasteiger partial charge < -0.3 is 5.32 Å². The Bertz CT molecular complexity index is 1240. The van der Waals surface area contributed by atoms with Gasteiger partial charge in [-0.2, -0.15) is 5.10 Å². The zero-order valence-corrected chi connectivity index (χ0v) is 16.8. The third-order valence-corrected chi connectivity index (χ3v) is 4.78. The van der Waals surface area contributed by atoms with Crippen LogP contribution < -0.4 is 10.9 Å². The minimum absolute atomic E-state index is 0.115. The topological polar surface area (TPSA) is 106 Å². The zero-order valence-electron chi connectivity index (χ0n) is 16.8. The number of hydrogen-bond acceptors (Lipinski definition) is 5. The Morgan fingerprint density at radius 2 is 2.00 bits per heavy atom. The van der Waals surface area contributed by atoms with E-state index >= 15 is 0 Å². The molecule has 0 bridgehead atoms. The van der Waals surface area contributed by atoms with Crippen LogP contribution in [-0.4, -0.2) is 30.6 Å². The van der Waals surface area contributed by atoms with E-state index in [0.29, 0.717) is 46.1 Å². The summed E-state index contributed by atoms with van der Waals surface area (Å²) in [7, 11) is 0. The van der Waals surface area contributed by atoms with Gasteiger partial charge >= 0.3 is 0 Å². The van der Waals surface area contributed by atoms with Gasteiger partial charge in [0.15, 0.2) is 0 Å². The zero-order chi connectivity index (χ0) is 21.1. The van der Waals surface area contributed by atoms with E-state index in [1.807, 2.05) is 18.2 Å². The maximum Gasteiger partial charge on any atom is 0.273 e. The van der Waals surface area contributed by atoms with E-state index in [0.717, 1.165) is 6.42 Å². The number of aromatic amines is 1. The Labute approximate surface area is 173 Å². The van der Waals surface area contributed by atoms with E-state index in [9.17, 15) is 9.59 Å². The first kappa shape index (κ1) is 19.5. The largest absolute Gasteiger partial charge is 0.321 e. The number of hydrogen-bond donors (Lipinski definition) is 2. The van der Waals surface area contributed by atoms with E-state index in [1.54, 1.807) is 41.4 Å². The molecule has 8 heteroatoms. The molecule has 3 heterocycles. The number of fused-ring (bicyclic) bond motifs is 1. The standard InChI is InChI=1S/C22H22N6O2/c1-14(2)8-10-28-13-24-17-7-6-15(11-16(17)22(28)30)25-21(29)20-12-19(26-27-20)18-5-3-4-9-23-18/h3-7,9,11-14H,8,10H2,1-2H3,(H,25,29)(H,26,27). The second-order valence-corrected chi connectivity index (χ2v) is 7.49. The van der Waals surface area contributed by atoms with Crippen molar-refractivity contribution in [3.05, 3.63) is 71.0 Å². The molecule has 0 saturated carbocycles. The van der Waals surface area contributed by atoms with Crippen LogP contribution in [0.1, 0.15) is 30.8 Å². The van der Waals surface area contributed by atoms with E-state index in [2.05, 4.69) is 39.3 Å². The molecule has 8 nitrogen and oxygen atoms in total. The normalized spacial score (nSPS) is 11.2. The third kappa shape index (κ3) is 4.12. The van der Waals surface area contributed by atoms with Gasteiger partial charge in [0.05, 0.1) is 22.9 Å². The molecule has 0 radical (unpaired) electrons. The molecule has 30 heavy (non-hydrogen) atoms. The molecule has 3 aromatic heterocycles. The monoisotopic (exact) mass is 402 g/mol. The van der Waals surface area contributed by atoms with Gasteiger partial charge in [0.2, 0.25) is 0 Å². The Morgan fingerprint density at radius 1 is 1.13 bits per heavy atom. The van der Waals surface area contributed by atoms with Crippen LogP contribution >= 0.6 is 0 Å². The Kier molecular flexibility index (Phi) is 5.38. The van der Waals surface area contributed by atoms with Crippen LogP contribution in [-0.2, 0) is 6.54 Å². The summed E-state index contributed by atoms with van der Waals surface area (Å²) >= 11 is 0. The Balaban J connectivity index is 1.56. The molecule has 152 valence electrons. The number of H-pyrrole nitrogens is 1. The smallest absolute Gasteiger partial charge is 0.273 e. The van der Waals surface area contributed by atoms with Gasteiger partial charge in [-0.05, 0) is 48.7 Å². The summed E-state index contributed by atoms with van der Waals surface area (Å²) in [4.78, 5) is 34.0. The van der Waals surface area contributed by atoms with E-state index in [4.69, 9.17) is 0 Å². The molecule has 0 aliphatic heterocycles. The molecule has 4 aromatic rings. The highest BCUT2D eigenvalue weighted by Crippen LogP contribution is 2.18. The lowest BCUT2D eigenvalue weighted by molar-refractivity contribution is 0.102. The maximum atomic E-state index is 12.8. The van der Waals surface area contributed by atoms with Crippen LogP contribution in [0, 0.1) is 5.92 Å². The number of aryl methyl sites for hydroxylation is 1. The van der Waals surface area contributed by atoms with Gasteiger partial charge in [0.1, 0.15) is 11.4 Å². The van der Waals surface area contributed by atoms with Crippen molar-refractivity contribution in [1.29, 1.82) is 0 Å². The van der Waals surface area contributed by atoms with E-state index in [-0.39, 0.29) is 11.5 Å². The van der Waals surface area contributed by atoms with Crippen molar-refractivity contribution in [3.8, 4) is 11.4 Å². The van der Waals surface area contributed by atoms with Crippen LogP contribution in [0.4, 0.5) is 5.69 Å². The van der Waals surface area contributed by atoms with Crippen molar-refractivity contribution in [2.75, 3.05) is 5.32 Å². The summed E-state index contributed by atoms with van der Waals surface area (Å²) in [5.74, 6) is 0.136. The fourth-order valence-corrected chi connectivity index (χ4v) is 3.08. The Morgan fingerprint density at radius 3 is 2.77 bits per heavy atom. The molecule has 0 aliphatic carbocycles. The van der Waals surface area contributed by atoms with Crippen molar-refractivity contribution < 1.29 is 4.79 Å². The minimum Gasteiger partial charge on any atom is -0.321 e. The summed E-state index contributed by atoms with van der Waals surface area (Å²) in [6, 6.07) is 12.2. The van der Waals surface area contributed by atoms with Crippen molar-refractivity contribution in [1.82, 2.24) is 24.7 Å². The number of aromatic nitrogens is 5. The summed E-state index contributed by atoms with van der Waals surface area (Å²) in [5, 5.41) is 10.2. The first-order valence-electron chi connectivity index (χ1n) is 9.78. The summed E-state index contributed by atoms with van der Waals surface area (Å²) in [5.41, 5.74) is 2.55. The first-order chi connectivity index (χ1) is 14.5. The number of amides is 1. The fraction of sp³-hybridized carbons (Fsp3) is 0.227. The van der Waals surface area contributed by atoms with Gasteiger partial charge in [0.25, 0.3) is 11.5 Å². The highest BCUT2D eigenvalue weighted by atomic mass is 16.2. The SMILES string of the molecule is CC(C)CCn1cnc2ccc(NC(=O)c3cc(-c4ccccn4)n[nH]3)cc2c1=O. The minimum atomic E-state index is -0.354. The van der Waals surface area contributed by atoms with Crippen LogP contribution in [0.25, 0.3) is 22.3 Å². The van der Waals surface area contributed by atoms with Gasteiger partial charge in [0, 0.05) is 18.4 Å². The van der Waals surface area contributed by atoms with Gasteiger partial charge in [-0.25, -0.2) is 4.98 Å². The molecule has 0 spiro atoms. The lowest BCUT2D eigenvalue weighted by Crippen LogP contribution is -2.21. The van der Waals surface area contributed by atoms with Gasteiger partial charge in [-0.3, -0.25) is 24.2 Å². The van der Waals surface area contributed by atoms with Crippen LogP contribution in [0.3, 0.4) is 0 Å². The van der Waals surface area contributed by atoms with Crippen LogP contribution in [0.15, 0.2) is 59.8 Å². The van der Waals surface area contributed by atoms with Crippen molar-refractivity contribution >= 4 is 22.5 Å². The highest BCUT2D eigenvalue weighted by molar-refractivity contribution is 6.04. The van der Waals surface area contributed by atoms with Gasteiger partial charge in [-0.15, -0.1) is 0 Å². The molecule has 0 atom stereocenters. The third-order valence-electron chi connectivity index (χ3n) is 4.78.